The van der Waals surface area contributed by atoms with Crippen LogP contribution in [0.5, 0.6) is 0 Å². The van der Waals surface area contributed by atoms with Gasteiger partial charge in [0.2, 0.25) is 0 Å². The molecule has 0 aromatic rings. The first-order valence-electron chi connectivity index (χ1n) is 5.61. The Morgan fingerprint density at radius 3 is 2.29 bits per heavy atom. The van der Waals surface area contributed by atoms with E-state index in [2.05, 4.69) is 31.0 Å². The molecule has 0 radical (unpaired) electrons. The van der Waals surface area contributed by atoms with Gasteiger partial charge in [-0.3, -0.25) is 4.90 Å². The van der Waals surface area contributed by atoms with Crippen LogP contribution in [0, 0.1) is 11.8 Å². The first-order valence-corrected chi connectivity index (χ1v) is 5.61. The lowest BCUT2D eigenvalue weighted by Gasteiger charge is -2.24. The van der Waals surface area contributed by atoms with E-state index < -0.39 is 0 Å². The molecule has 2 fully saturated rings. The molecule has 0 bridgehead atoms. The van der Waals surface area contributed by atoms with Crippen molar-refractivity contribution >= 4 is 0 Å². The van der Waals surface area contributed by atoms with Gasteiger partial charge in [0.1, 0.15) is 0 Å². The summed E-state index contributed by atoms with van der Waals surface area (Å²) >= 11 is 0. The Labute approximate surface area is 86.8 Å². The van der Waals surface area contributed by atoms with E-state index in [0.29, 0.717) is 0 Å². The number of ether oxygens (including phenoxy) is 1. The molecule has 14 heavy (non-hydrogen) atoms. The Kier molecular flexibility index (Phi) is 2.82. The van der Waals surface area contributed by atoms with Crippen molar-refractivity contribution in [3.63, 3.8) is 0 Å². The third-order valence-electron chi connectivity index (χ3n) is 3.15. The van der Waals surface area contributed by atoms with Crippen LogP contribution in [0.3, 0.4) is 0 Å². The molecule has 0 spiro atoms. The van der Waals surface area contributed by atoms with E-state index >= 15 is 0 Å². The molecule has 2 saturated heterocycles. The van der Waals surface area contributed by atoms with Crippen LogP contribution in [0.2, 0.25) is 0 Å². The summed E-state index contributed by atoms with van der Waals surface area (Å²) in [5.41, 5.74) is -0.00402. The maximum Gasteiger partial charge on any atom is 0.0997 e. The second-order valence-electron chi connectivity index (χ2n) is 5.60. The summed E-state index contributed by atoms with van der Waals surface area (Å²) in [6.45, 7) is 12.0. The minimum Gasteiger partial charge on any atom is -0.360 e. The highest BCUT2D eigenvalue weighted by molar-refractivity contribution is 4.90. The van der Waals surface area contributed by atoms with Crippen LogP contribution in [-0.2, 0) is 4.74 Å². The van der Waals surface area contributed by atoms with Crippen molar-refractivity contribution in [1.29, 1.82) is 0 Å². The van der Waals surface area contributed by atoms with E-state index in [4.69, 9.17) is 4.74 Å². The number of likely N-dealkylation sites (tertiary alicyclic amines) is 1. The molecule has 2 heterocycles. The van der Waals surface area contributed by atoms with Gasteiger partial charge in [-0.25, -0.2) is 0 Å². The van der Waals surface area contributed by atoms with Gasteiger partial charge in [-0.1, -0.05) is 0 Å². The molecule has 2 aliphatic heterocycles. The third kappa shape index (κ3) is 2.47. The van der Waals surface area contributed by atoms with Gasteiger partial charge in [-0.2, -0.15) is 0 Å². The zero-order valence-electron chi connectivity index (χ0n) is 9.55. The quantitative estimate of drug-likeness (QED) is 0.714. The van der Waals surface area contributed by atoms with Crippen molar-refractivity contribution in [1.82, 2.24) is 10.2 Å². The molecule has 1 N–H and O–H groups in total. The maximum atomic E-state index is 5.78. The molecular formula is C11H22N2O. The molecule has 2 aliphatic rings. The van der Waals surface area contributed by atoms with Crippen LogP contribution in [0.4, 0.5) is 0 Å². The van der Waals surface area contributed by atoms with Crippen LogP contribution in [-0.4, -0.2) is 43.4 Å². The minimum absolute atomic E-state index is 0.00402. The summed E-state index contributed by atoms with van der Waals surface area (Å²) in [4.78, 5) is 2.45. The van der Waals surface area contributed by atoms with Crippen molar-refractivity contribution in [2.45, 2.75) is 26.4 Å². The van der Waals surface area contributed by atoms with Crippen LogP contribution >= 0.6 is 0 Å². The summed E-state index contributed by atoms with van der Waals surface area (Å²) in [5, 5.41) is 3.45. The number of rotatable bonds is 2. The molecule has 0 unspecified atom stereocenters. The Bertz CT molecular complexity index is 188. The number of nitrogens with zero attached hydrogens (tertiary/aromatic N) is 1. The predicted molar refractivity (Wildman–Crippen MR) is 57.1 cm³/mol. The molecule has 0 saturated carbocycles. The molecule has 82 valence electrons. The van der Waals surface area contributed by atoms with Crippen molar-refractivity contribution in [2.75, 3.05) is 32.9 Å². The average Bonchev–Trinajstić information content (AvgIpc) is 2.56. The van der Waals surface area contributed by atoms with E-state index in [-0.39, 0.29) is 5.60 Å². The van der Waals surface area contributed by atoms with Crippen molar-refractivity contribution in [2.24, 2.45) is 11.8 Å². The molecule has 3 heteroatoms. The Balaban J connectivity index is 1.74. The minimum atomic E-state index is -0.00402. The largest absolute Gasteiger partial charge is 0.360 e. The number of nitrogens with one attached hydrogen (secondary N) is 1. The summed E-state index contributed by atoms with van der Waals surface area (Å²) in [6, 6.07) is 0. The number of fused-ring (bicyclic) bond motifs is 1. The van der Waals surface area contributed by atoms with Crippen molar-refractivity contribution < 1.29 is 4.74 Å². The van der Waals surface area contributed by atoms with Crippen LogP contribution in [0.15, 0.2) is 0 Å². The second kappa shape index (κ2) is 3.80. The highest BCUT2D eigenvalue weighted by Gasteiger charge is 2.36. The molecular weight excluding hydrogens is 176 g/mol. The van der Waals surface area contributed by atoms with Gasteiger partial charge in [0.05, 0.1) is 12.3 Å². The van der Waals surface area contributed by atoms with Gasteiger partial charge in [-0.05, 0) is 45.7 Å². The van der Waals surface area contributed by atoms with E-state index in [1.54, 1.807) is 0 Å². The second-order valence-corrected chi connectivity index (χ2v) is 5.60. The smallest absolute Gasteiger partial charge is 0.0997 e. The highest BCUT2D eigenvalue weighted by Crippen LogP contribution is 2.26. The van der Waals surface area contributed by atoms with Crippen LogP contribution < -0.4 is 5.32 Å². The molecule has 0 aliphatic carbocycles. The monoisotopic (exact) mass is 198 g/mol. The number of hydrogen-bond acceptors (Lipinski definition) is 3. The lowest BCUT2D eigenvalue weighted by Crippen LogP contribution is -2.32. The van der Waals surface area contributed by atoms with Gasteiger partial charge in [-0.15, -0.1) is 0 Å². The molecule has 2 rings (SSSR count). The standard InChI is InChI=1S/C11H22N2O/c1-11(2,3)14-8-13-6-9-4-12-5-10(9)7-13/h9-10,12H,4-8H2,1-3H3/t9-,10+. The highest BCUT2D eigenvalue weighted by atomic mass is 16.5. The van der Waals surface area contributed by atoms with Gasteiger partial charge in [0, 0.05) is 13.1 Å². The van der Waals surface area contributed by atoms with Crippen molar-refractivity contribution in [3.05, 3.63) is 0 Å². The summed E-state index contributed by atoms with van der Waals surface area (Å²) in [6.07, 6.45) is 0. The van der Waals surface area contributed by atoms with Crippen LogP contribution in [0.1, 0.15) is 20.8 Å². The van der Waals surface area contributed by atoms with E-state index in [1.807, 2.05) is 0 Å². The lowest BCUT2D eigenvalue weighted by atomic mass is 10.0. The topological polar surface area (TPSA) is 24.5 Å². The predicted octanol–water partition coefficient (Wildman–Crippen LogP) is 0.910. The molecule has 0 amide bonds. The van der Waals surface area contributed by atoms with Gasteiger partial charge < -0.3 is 10.1 Å². The summed E-state index contributed by atoms with van der Waals surface area (Å²) in [7, 11) is 0. The normalized spacial score (nSPS) is 33.6. The van der Waals surface area contributed by atoms with Gasteiger partial charge >= 0.3 is 0 Å². The number of hydrogen-bond donors (Lipinski definition) is 1. The summed E-state index contributed by atoms with van der Waals surface area (Å²) in [5.74, 6) is 1.75. The summed E-state index contributed by atoms with van der Waals surface area (Å²) < 4.78 is 5.78. The molecule has 2 atom stereocenters. The third-order valence-corrected chi connectivity index (χ3v) is 3.15. The van der Waals surface area contributed by atoms with Gasteiger partial charge in [0.25, 0.3) is 0 Å². The average molecular weight is 198 g/mol. The van der Waals surface area contributed by atoms with Crippen molar-refractivity contribution in [3.8, 4) is 0 Å². The Morgan fingerprint density at radius 2 is 1.79 bits per heavy atom. The van der Waals surface area contributed by atoms with Crippen LogP contribution in [0.25, 0.3) is 0 Å². The SMILES string of the molecule is CC(C)(C)OCN1C[C@H]2CNC[C@H]2C1. The fourth-order valence-corrected chi connectivity index (χ4v) is 2.34. The first kappa shape index (κ1) is 10.4. The first-order chi connectivity index (χ1) is 6.54. The molecule has 3 nitrogen and oxygen atoms in total. The van der Waals surface area contributed by atoms with E-state index in [9.17, 15) is 0 Å². The van der Waals surface area contributed by atoms with Gasteiger partial charge in [0.15, 0.2) is 0 Å². The zero-order valence-corrected chi connectivity index (χ0v) is 9.55. The molecule has 0 aromatic carbocycles. The fourth-order valence-electron chi connectivity index (χ4n) is 2.34. The molecule has 0 aromatic heterocycles. The lowest BCUT2D eigenvalue weighted by molar-refractivity contribution is -0.0585. The zero-order chi connectivity index (χ0) is 10.2. The Morgan fingerprint density at radius 1 is 1.21 bits per heavy atom. The Hall–Kier alpha value is -0.120. The maximum absolute atomic E-state index is 5.78. The fraction of sp³-hybridized carbons (Fsp3) is 1.00. The van der Waals surface area contributed by atoms with E-state index in [1.165, 1.54) is 26.2 Å². The van der Waals surface area contributed by atoms with E-state index in [0.717, 1.165) is 18.6 Å².